The summed E-state index contributed by atoms with van der Waals surface area (Å²) in [5.41, 5.74) is 1.83. The van der Waals surface area contributed by atoms with Crippen molar-refractivity contribution in [2.75, 3.05) is 13.7 Å². The number of pyridine rings is 1. The van der Waals surface area contributed by atoms with Crippen LogP contribution in [0.4, 0.5) is 0 Å². The van der Waals surface area contributed by atoms with Crippen molar-refractivity contribution in [2.24, 2.45) is 0 Å². The molecule has 0 saturated carbocycles. The largest absolute Gasteiger partial charge is 0.497 e. The number of rotatable bonds is 8. The molecular weight excluding hydrogens is 440 g/mol. The summed E-state index contributed by atoms with van der Waals surface area (Å²) in [7, 11) is 1.66. The van der Waals surface area contributed by atoms with E-state index < -0.39 is 0 Å². The Balaban J connectivity index is 1.41. The minimum atomic E-state index is -0.107. The highest BCUT2D eigenvalue weighted by Gasteiger charge is 2.25. The number of benzene rings is 1. The summed E-state index contributed by atoms with van der Waals surface area (Å²) in [6.45, 7) is 3.51. The summed E-state index contributed by atoms with van der Waals surface area (Å²) in [5, 5.41) is 13.8. The van der Waals surface area contributed by atoms with Crippen molar-refractivity contribution in [2.45, 2.75) is 42.8 Å². The number of hydrogen-bond acceptors (Lipinski definition) is 9. The molecule has 1 aliphatic rings. The molecule has 1 aliphatic heterocycles. The lowest BCUT2D eigenvalue weighted by atomic mass is 10.2. The zero-order valence-corrected chi connectivity index (χ0v) is 19.2. The van der Waals surface area contributed by atoms with Gasteiger partial charge in [0.05, 0.1) is 25.0 Å². The van der Waals surface area contributed by atoms with E-state index in [9.17, 15) is 0 Å². The van der Waals surface area contributed by atoms with Crippen molar-refractivity contribution < 1.29 is 14.0 Å². The molecule has 33 heavy (non-hydrogen) atoms. The van der Waals surface area contributed by atoms with E-state index in [0.29, 0.717) is 18.3 Å². The second kappa shape index (κ2) is 9.72. The maximum Gasteiger partial charge on any atom is 0.240 e. The number of aromatic nitrogens is 6. The van der Waals surface area contributed by atoms with Crippen molar-refractivity contribution >= 4 is 11.8 Å². The van der Waals surface area contributed by atoms with Crippen molar-refractivity contribution in [3.63, 3.8) is 0 Å². The molecule has 1 saturated heterocycles. The third-order valence-electron chi connectivity index (χ3n) is 5.49. The summed E-state index contributed by atoms with van der Waals surface area (Å²) in [4.78, 5) is 8.60. The Kier molecular flexibility index (Phi) is 6.36. The molecule has 0 aliphatic carbocycles. The summed E-state index contributed by atoms with van der Waals surface area (Å²) < 4.78 is 18.9. The quantitative estimate of drug-likeness (QED) is 0.350. The van der Waals surface area contributed by atoms with Crippen LogP contribution in [0, 0.1) is 0 Å². The molecule has 170 valence electrons. The van der Waals surface area contributed by atoms with E-state index in [1.807, 2.05) is 43.3 Å². The molecule has 0 radical (unpaired) electrons. The molecule has 9 nitrogen and oxygen atoms in total. The summed E-state index contributed by atoms with van der Waals surface area (Å²) >= 11 is 1.54. The number of hydrogen-bond donors (Lipinski definition) is 0. The van der Waals surface area contributed by atoms with Crippen LogP contribution >= 0.6 is 11.8 Å². The van der Waals surface area contributed by atoms with Gasteiger partial charge in [-0.1, -0.05) is 16.9 Å². The van der Waals surface area contributed by atoms with E-state index >= 15 is 0 Å². The van der Waals surface area contributed by atoms with Gasteiger partial charge in [0, 0.05) is 30.1 Å². The molecular formula is C23H24N6O3S. The van der Waals surface area contributed by atoms with Crippen LogP contribution in [0.15, 0.2) is 58.5 Å². The Hall–Kier alpha value is -3.24. The Morgan fingerprint density at radius 3 is 2.67 bits per heavy atom. The first-order valence-electron chi connectivity index (χ1n) is 10.8. The fraction of sp³-hybridized carbons (Fsp3) is 0.348. The zero-order chi connectivity index (χ0) is 22.6. The van der Waals surface area contributed by atoms with Gasteiger partial charge in [0.15, 0.2) is 11.0 Å². The van der Waals surface area contributed by atoms with Gasteiger partial charge in [-0.15, -0.1) is 10.2 Å². The van der Waals surface area contributed by atoms with Gasteiger partial charge in [0.1, 0.15) is 5.75 Å². The average molecular weight is 465 g/mol. The van der Waals surface area contributed by atoms with Gasteiger partial charge in [-0.05, 0) is 56.2 Å². The number of nitrogens with zero attached hydrogens (tertiary/aromatic N) is 6. The molecule has 2 atom stereocenters. The normalized spacial score (nSPS) is 16.7. The molecule has 4 heterocycles. The highest BCUT2D eigenvalue weighted by Crippen LogP contribution is 2.36. The highest BCUT2D eigenvalue weighted by molar-refractivity contribution is 7.99. The number of ether oxygens (including phenoxy) is 2. The molecule has 1 aromatic carbocycles. The minimum absolute atomic E-state index is 0.107. The van der Waals surface area contributed by atoms with Crippen LogP contribution in [0.1, 0.15) is 30.9 Å². The van der Waals surface area contributed by atoms with E-state index in [4.69, 9.17) is 14.0 Å². The summed E-state index contributed by atoms with van der Waals surface area (Å²) in [6, 6.07) is 11.5. The Labute approximate surface area is 195 Å². The van der Waals surface area contributed by atoms with Crippen molar-refractivity contribution in [3.05, 3.63) is 54.7 Å². The lowest BCUT2D eigenvalue weighted by Crippen LogP contribution is -2.16. The standard InChI is InChI=1S/C23H24N6O3S/c1-15(22-25-20(28-32-22)16-9-11-24-12-10-16)33-23-27-26-21(17-5-7-18(30-2)8-6-17)29(23)14-19-4-3-13-31-19/h5-12,15,19H,3-4,13-14H2,1-2H3/t15-,19+/m0/s1. The van der Waals surface area contributed by atoms with Gasteiger partial charge >= 0.3 is 0 Å². The van der Waals surface area contributed by atoms with E-state index in [-0.39, 0.29) is 11.4 Å². The second-order valence-corrected chi connectivity index (χ2v) is 9.04. The number of thioether (sulfide) groups is 1. The van der Waals surface area contributed by atoms with Crippen LogP contribution in [0.3, 0.4) is 0 Å². The third kappa shape index (κ3) is 4.76. The molecule has 4 aromatic rings. The molecule has 0 amide bonds. The number of methoxy groups -OCH3 is 1. The lowest BCUT2D eigenvalue weighted by molar-refractivity contribution is 0.0953. The van der Waals surface area contributed by atoms with E-state index in [1.54, 1.807) is 19.5 Å². The zero-order valence-electron chi connectivity index (χ0n) is 18.4. The highest BCUT2D eigenvalue weighted by atomic mass is 32.2. The molecule has 5 rings (SSSR count). The predicted molar refractivity (Wildman–Crippen MR) is 123 cm³/mol. The Morgan fingerprint density at radius 2 is 1.94 bits per heavy atom. The first-order valence-corrected chi connectivity index (χ1v) is 11.7. The van der Waals surface area contributed by atoms with Crippen molar-refractivity contribution in [3.8, 4) is 28.5 Å². The van der Waals surface area contributed by atoms with Gasteiger partial charge < -0.3 is 14.0 Å². The summed E-state index contributed by atoms with van der Waals surface area (Å²) in [5.74, 6) is 2.67. The van der Waals surface area contributed by atoms with E-state index in [1.165, 1.54) is 11.8 Å². The first kappa shape index (κ1) is 21.6. The molecule has 1 fully saturated rings. The van der Waals surface area contributed by atoms with Crippen LogP contribution < -0.4 is 4.74 Å². The maximum absolute atomic E-state index is 5.90. The molecule has 10 heteroatoms. The van der Waals surface area contributed by atoms with Crippen molar-refractivity contribution in [1.82, 2.24) is 29.9 Å². The van der Waals surface area contributed by atoms with Gasteiger partial charge in [0.2, 0.25) is 11.7 Å². The first-order chi connectivity index (χ1) is 16.2. The van der Waals surface area contributed by atoms with Gasteiger partial charge in [0.25, 0.3) is 0 Å². The van der Waals surface area contributed by atoms with Gasteiger partial charge in [-0.25, -0.2) is 0 Å². The van der Waals surface area contributed by atoms with Crippen LogP contribution in [-0.4, -0.2) is 49.7 Å². The summed E-state index contributed by atoms with van der Waals surface area (Å²) in [6.07, 6.45) is 5.66. The second-order valence-electron chi connectivity index (χ2n) is 7.73. The predicted octanol–water partition coefficient (Wildman–Crippen LogP) is 4.43. The molecule has 0 bridgehead atoms. The molecule has 3 aromatic heterocycles. The Morgan fingerprint density at radius 1 is 1.12 bits per heavy atom. The van der Waals surface area contributed by atoms with E-state index in [2.05, 4.69) is 29.9 Å². The fourth-order valence-corrected chi connectivity index (χ4v) is 4.60. The topological polar surface area (TPSA) is 101 Å². The Bertz CT molecular complexity index is 1190. The van der Waals surface area contributed by atoms with Crippen molar-refractivity contribution in [1.29, 1.82) is 0 Å². The monoisotopic (exact) mass is 464 g/mol. The SMILES string of the molecule is COc1ccc(-c2nnc(S[C@@H](C)c3nc(-c4ccncc4)no3)n2C[C@H]2CCCO2)cc1. The smallest absolute Gasteiger partial charge is 0.240 e. The van der Waals surface area contributed by atoms with Crippen LogP contribution in [0.2, 0.25) is 0 Å². The van der Waals surface area contributed by atoms with Crippen LogP contribution in [0.5, 0.6) is 5.75 Å². The third-order valence-corrected chi connectivity index (χ3v) is 6.55. The van der Waals surface area contributed by atoms with E-state index in [0.717, 1.165) is 47.3 Å². The van der Waals surface area contributed by atoms with Crippen LogP contribution in [-0.2, 0) is 11.3 Å². The van der Waals surface area contributed by atoms with Crippen LogP contribution in [0.25, 0.3) is 22.8 Å². The maximum atomic E-state index is 5.90. The van der Waals surface area contributed by atoms with Gasteiger partial charge in [-0.2, -0.15) is 4.98 Å². The average Bonchev–Trinajstić information content (AvgIpc) is 3.62. The minimum Gasteiger partial charge on any atom is -0.497 e. The van der Waals surface area contributed by atoms with Gasteiger partial charge in [-0.3, -0.25) is 9.55 Å². The molecule has 0 N–H and O–H groups in total. The molecule has 0 spiro atoms. The lowest BCUT2D eigenvalue weighted by Gasteiger charge is -2.15. The molecule has 0 unspecified atom stereocenters. The fourth-order valence-electron chi connectivity index (χ4n) is 3.71.